The Morgan fingerprint density at radius 3 is 2.44 bits per heavy atom. The monoisotopic (exact) mass is 340 g/mol. The van der Waals surface area contributed by atoms with Crippen molar-refractivity contribution >= 4 is 0 Å². The Morgan fingerprint density at radius 1 is 1.12 bits per heavy atom. The van der Waals surface area contributed by atoms with E-state index in [4.69, 9.17) is 14.3 Å². The quantitative estimate of drug-likeness (QED) is 0.583. The summed E-state index contributed by atoms with van der Waals surface area (Å²) in [6, 6.07) is 11.3. The maximum atomic E-state index is 7.00. The number of aromatic nitrogens is 6. The van der Waals surface area contributed by atoms with E-state index in [2.05, 4.69) is 25.6 Å². The largest absolute Gasteiger partial charge is 0.497 e. The van der Waals surface area contributed by atoms with Gasteiger partial charge in [-0.2, -0.15) is 5.21 Å². The van der Waals surface area contributed by atoms with Crippen LogP contribution in [0.1, 0.15) is 0 Å². The standard InChI is InChI=1S/C15H12N6O2.CH4O/c1-22-11-6-4-10(5-7-11)14-16-12(13-17-19-20-18-13)15(23-14)21-8-2-3-9-21;1-2/h2-9H,1H3,(H,17,18,19,20);2H,1H3. The Kier molecular flexibility index (Phi) is 4.86. The lowest BCUT2D eigenvalue weighted by molar-refractivity contribution is 0.399. The van der Waals surface area contributed by atoms with E-state index in [-0.39, 0.29) is 0 Å². The van der Waals surface area contributed by atoms with E-state index in [1.807, 2.05) is 53.4 Å². The molecular formula is C16H16N6O3. The van der Waals surface area contributed by atoms with Crippen molar-refractivity contribution in [2.45, 2.75) is 0 Å². The van der Waals surface area contributed by atoms with E-state index >= 15 is 0 Å². The molecule has 25 heavy (non-hydrogen) atoms. The van der Waals surface area contributed by atoms with Crippen LogP contribution in [0.2, 0.25) is 0 Å². The molecule has 0 aliphatic rings. The number of hydrogen-bond donors (Lipinski definition) is 2. The number of nitrogens with one attached hydrogen (secondary N) is 1. The number of aliphatic hydroxyl groups excluding tert-OH is 1. The molecule has 0 fully saturated rings. The highest BCUT2D eigenvalue weighted by Crippen LogP contribution is 2.30. The lowest BCUT2D eigenvalue weighted by Gasteiger charge is -2.00. The number of nitrogens with zero attached hydrogens (tertiary/aromatic N) is 5. The smallest absolute Gasteiger partial charge is 0.236 e. The summed E-state index contributed by atoms with van der Waals surface area (Å²) in [6.07, 6.45) is 3.73. The van der Waals surface area contributed by atoms with Gasteiger partial charge < -0.3 is 14.3 Å². The van der Waals surface area contributed by atoms with Crippen LogP contribution in [0.4, 0.5) is 0 Å². The lowest BCUT2D eigenvalue weighted by Crippen LogP contribution is -1.92. The molecule has 0 radical (unpaired) electrons. The number of ether oxygens (including phenoxy) is 1. The van der Waals surface area contributed by atoms with Crippen molar-refractivity contribution in [2.24, 2.45) is 0 Å². The topological polar surface area (TPSA) is 115 Å². The summed E-state index contributed by atoms with van der Waals surface area (Å²) < 4.78 is 12.9. The highest BCUT2D eigenvalue weighted by Gasteiger charge is 2.20. The van der Waals surface area contributed by atoms with E-state index < -0.39 is 0 Å². The molecule has 0 saturated carbocycles. The van der Waals surface area contributed by atoms with Gasteiger partial charge in [0.1, 0.15) is 5.75 Å². The normalized spacial score (nSPS) is 10.2. The van der Waals surface area contributed by atoms with Crippen LogP contribution in [0, 0.1) is 0 Å². The predicted octanol–water partition coefficient (Wildman–Crippen LogP) is 1.93. The molecule has 1 aromatic carbocycles. The van der Waals surface area contributed by atoms with Crippen LogP contribution in [0.3, 0.4) is 0 Å². The molecule has 0 saturated heterocycles. The molecule has 9 heteroatoms. The number of aromatic amines is 1. The second-order valence-corrected chi connectivity index (χ2v) is 4.73. The molecule has 0 bridgehead atoms. The van der Waals surface area contributed by atoms with Crippen LogP contribution < -0.4 is 4.74 Å². The Bertz CT molecular complexity index is 846. The van der Waals surface area contributed by atoms with E-state index in [0.717, 1.165) is 18.4 Å². The molecule has 0 atom stereocenters. The first-order valence-electron chi connectivity index (χ1n) is 7.32. The Hall–Kier alpha value is -3.46. The first-order chi connectivity index (χ1) is 12.3. The summed E-state index contributed by atoms with van der Waals surface area (Å²) in [6.45, 7) is 0. The number of oxazole rings is 1. The van der Waals surface area contributed by atoms with Gasteiger partial charge in [-0.25, -0.2) is 4.98 Å². The molecule has 9 nitrogen and oxygen atoms in total. The van der Waals surface area contributed by atoms with E-state index in [0.29, 0.717) is 23.3 Å². The highest BCUT2D eigenvalue weighted by atomic mass is 16.5. The predicted molar refractivity (Wildman–Crippen MR) is 89.1 cm³/mol. The van der Waals surface area contributed by atoms with Crippen molar-refractivity contribution in [3.05, 3.63) is 48.8 Å². The summed E-state index contributed by atoms with van der Waals surface area (Å²) in [5, 5.41) is 21.0. The molecule has 3 heterocycles. The second kappa shape index (κ2) is 7.41. The Labute approximate surface area is 142 Å². The fourth-order valence-corrected chi connectivity index (χ4v) is 2.22. The molecule has 0 amide bonds. The van der Waals surface area contributed by atoms with Crippen LogP contribution in [-0.2, 0) is 0 Å². The summed E-state index contributed by atoms with van der Waals surface area (Å²) in [5.74, 6) is 2.14. The van der Waals surface area contributed by atoms with Gasteiger partial charge in [0.05, 0.1) is 7.11 Å². The zero-order chi connectivity index (χ0) is 17.6. The Morgan fingerprint density at radius 2 is 1.84 bits per heavy atom. The molecule has 2 N–H and O–H groups in total. The van der Waals surface area contributed by atoms with Crippen LogP contribution >= 0.6 is 0 Å². The Balaban J connectivity index is 0.000000880. The number of aliphatic hydroxyl groups is 1. The third-order valence-electron chi connectivity index (χ3n) is 3.34. The third-order valence-corrected chi connectivity index (χ3v) is 3.34. The van der Waals surface area contributed by atoms with Crippen LogP contribution in [0.5, 0.6) is 5.75 Å². The molecule has 4 aromatic rings. The third kappa shape index (κ3) is 3.26. The molecule has 4 rings (SSSR count). The lowest BCUT2D eigenvalue weighted by atomic mass is 10.2. The van der Waals surface area contributed by atoms with Crippen molar-refractivity contribution < 1.29 is 14.3 Å². The number of benzene rings is 1. The van der Waals surface area contributed by atoms with E-state index in [1.165, 1.54) is 0 Å². The van der Waals surface area contributed by atoms with Gasteiger partial charge in [0, 0.05) is 25.1 Å². The zero-order valence-corrected chi connectivity index (χ0v) is 13.6. The molecular weight excluding hydrogens is 324 g/mol. The summed E-state index contributed by atoms with van der Waals surface area (Å²) >= 11 is 0. The molecule has 0 aliphatic carbocycles. The van der Waals surface area contributed by atoms with Crippen LogP contribution in [-0.4, -0.2) is 49.5 Å². The van der Waals surface area contributed by atoms with Crippen LogP contribution in [0.15, 0.2) is 53.2 Å². The van der Waals surface area contributed by atoms with Crippen LogP contribution in [0.25, 0.3) is 28.9 Å². The van der Waals surface area contributed by atoms with Crippen molar-refractivity contribution in [1.82, 2.24) is 30.2 Å². The zero-order valence-electron chi connectivity index (χ0n) is 13.6. The molecule has 0 unspecified atom stereocenters. The molecule has 3 aromatic heterocycles. The van der Waals surface area contributed by atoms with Gasteiger partial charge in [0.15, 0.2) is 5.69 Å². The maximum absolute atomic E-state index is 7.00. The number of rotatable bonds is 4. The van der Waals surface area contributed by atoms with Gasteiger partial charge in [-0.1, -0.05) is 0 Å². The van der Waals surface area contributed by atoms with Gasteiger partial charge in [0.25, 0.3) is 0 Å². The van der Waals surface area contributed by atoms with Crippen molar-refractivity contribution in [3.8, 4) is 34.6 Å². The maximum Gasteiger partial charge on any atom is 0.236 e. The second-order valence-electron chi connectivity index (χ2n) is 4.73. The SMILES string of the molecule is CO.COc1ccc(-c2nc(-c3nn[nH]n3)c(-n3cccc3)o2)cc1. The summed E-state index contributed by atoms with van der Waals surface area (Å²) in [4.78, 5) is 4.52. The fourth-order valence-electron chi connectivity index (χ4n) is 2.22. The number of tetrazole rings is 1. The average Bonchev–Trinajstić information content (AvgIpc) is 3.43. The van der Waals surface area contributed by atoms with Crippen molar-refractivity contribution in [2.75, 3.05) is 14.2 Å². The van der Waals surface area contributed by atoms with E-state index in [1.54, 1.807) is 7.11 Å². The number of hydrogen-bond acceptors (Lipinski definition) is 7. The van der Waals surface area contributed by atoms with Gasteiger partial charge in [-0.3, -0.25) is 4.57 Å². The molecule has 128 valence electrons. The van der Waals surface area contributed by atoms with Gasteiger partial charge in [-0.15, -0.1) is 10.2 Å². The van der Waals surface area contributed by atoms with E-state index in [9.17, 15) is 0 Å². The minimum absolute atomic E-state index is 0.372. The summed E-state index contributed by atoms with van der Waals surface area (Å²) in [5.41, 5.74) is 1.34. The van der Waals surface area contributed by atoms with Crippen molar-refractivity contribution in [1.29, 1.82) is 0 Å². The van der Waals surface area contributed by atoms with Gasteiger partial charge in [-0.05, 0) is 41.6 Å². The minimum atomic E-state index is 0.372. The highest BCUT2D eigenvalue weighted by molar-refractivity contribution is 5.65. The van der Waals surface area contributed by atoms with Gasteiger partial charge >= 0.3 is 0 Å². The molecule has 0 spiro atoms. The fraction of sp³-hybridized carbons (Fsp3) is 0.125. The number of H-pyrrole nitrogens is 1. The average molecular weight is 340 g/mol. The molecule has 0 aliphatic heterocycles. The van der Waals surface area contributed by atoms with Crippen molar-refractivity contribution in [3.63, 3.8) is 0 Å². The summed E-state index contributed by atoms with van der Waals surface area (Å²) in [7, 11) is 2.62. The minimum Gasteiger partial charge on any atom is -0.497 e. The number of methoxy groups -OCH3 is 1. The first-order valence-corrected chi connectivity index (χ1v) is 7.32. The van der Waals surface area contributed by atoms with Gasteiger partial charge in [0.2, 0.25) is 17.6 Å². The first kappa shape index (κ1) is 16.4.